The maximum Gasteiger partial charge on any atom is 0.490 e. The first-order valence-corrected chi connectivity index (χ1v) is 13.5. The summed E-state index contributed by atoms with van der Waals surface area (Å²) in [6.45, 7) is 6.94. The second-order valence-corrected chi connectivity index (χ2v) is 10.0. The molecule has 4 aromatic rings. The number of halogens is 3. The first kappa shape index (κ1) is 31.0. The van der Waals surface area contributed by atoms with Crippen LogP contribution in [0.25, 0.3) is 10.9 Å². The summed E-state index contributed by atoms with van der Waals surface area (Å²) in [6, 6.07) is 23.0. The Morgan fingerprint density at radius 2 is 1.65 bits per heavy atom. The summed E-state index contributed by atoms with van der Waals surface area (Å²) < 4.78 is 31.7. The van der Waals surface area contributed by atoms with Crippen molar-refractivity contribution in [2.75, 3.05) is 29.9 Å². The lowest BCUT2D eigenvalue weighted by Crippen LogP contribution is -2.49. The van der Waals surface area contributed by atoms with Gasteiger partial charge in [0.1, 0.15) is 0 Å². The highest BCUT2D eigenvalue weighted by Crippen LogP contribution is 2.24. The molecule has 1 saturated heterocycles. The van der Waals surface area contributed by atoms with Crippen LogP contribution in [0.3, 0.4) is 0 Å². The van der Waals surface area contributed by atoms with E-state index in [1.807, 2.05) is 61.5 Å². The van der Waals surface area contributed by atoms with Crippen LogP contribution in [0.4, 0.5) is 24.7 Å². The molecule has 1 fully saturated rings. The fraction of sp³-hybridized carbons (Fsp3) is 0.267. The second-order valence-electron chi connectivity index (χ2n) is 10.0. The van der Waals surface area contributed by atoms with E-state index in [0.717, 1.165) is 36.4 Å². The van der Waals surface area contributed by atoms with Crippen molar-refractivity contribution < 1.29 is 32.7 Å². The molecule has 2 atom stereocenters. The van der Waals surface area contributed by atoms with Gasteiger partial charge in [0.25, 0.3) is 11.8 Å². The minimum absolute atomic E-state index is 0.134. The summed E-state index contributed by atoms with van der Waals surface area (Å²) in [5.41, 5.74) is 3.91. The van der Waals surface area contributed by atoms with Crippen molar-refractivity contribution in [1.82, 2.24) is 20.8 Å². The summed E-state index contributed by atoms with van der Waals surface area (Å²) in [4.78, 5) is 37.1. The molecule has 0 aliphatic carbocycles. The number of piperazine rings is 1. The molecule has 1 aliphatic rings. The average molecular weight is 597 g/mol. The van der Waals surface area contributed by atoms with E-state index in [1.165, 1.54) is 0 Å². The van der Waals surface area contributed by atoms with Crippen molar-refractivity contribution in [3.63, 3.8) is 0 Å². The lowest BCUT2D eigenvalue weighted by molar-refractivity contribution is -0.192. The summed E-state index contributed by atoms with van der Waals surface area (Å²) in [5.74, 6) is -2.81. The number of aromatic amines is 1. The van der Waals surface area contributed by atoms with Crippen molar-refractivity contribution in [1.29, 1.82) is 0 Å². The fourth-order valence-electron chi connectivity index (χ4n) is 4.53. The van der Waals surface area contributed by atoms with E-state index in [2.05, 4.69) is 38.0 Å². The standard InChI is InChI=1S/C28H30N6O2.C2HF3O2/c1-18-17-34(15-14-29-18)23-11-8-21(9-12-23)27(35)31-26-24-16-22(10-13-25(24)32-33-26)28(36)30-19(2)20-6-4-3-5-7-20;3-2(4,5)1(6)7/h3-13,16,18-19,29H,14-15,17H2,1-2H3,(H,30,36)(H2,31,32,33,35);(H,6,7)/t18-,19?;/m0./s1. The lowest BCUT2D eigenvalue weighted by atomic mass is 10.1. The number of H-pyrrole nitrogens is 1. The van der Waals surface area contributed by atoms with Crippen LogP contribution < -0.4 is 20.9 Å². The van der Waals surface area contributed by atoms with E-state index in [1.54, 1.807) is 18.2 Å². The third kappa shape index (κ3) is 8.10. The molecule has 1 unspecified atom stereocenters. The number of nitrogens with zero attached hydrogens (tertiary/aromatic N) is 2. The van der Waals surface area contributed by atoms with Gasteiger partial charge in [0.15, 0.2) is 5.82 Å². The highest BCUT2D eigenvalue weighted by Gasteiger charge is 2.38. The maximum absolute atomic E-state index is 12.9. The van der Waals surface area contributed by atoms with Gasteiger partial charge < -0.3 is 26.0 Å². The van der Waals surface area contributed by atoms with Crippen LogP contribution in [0.2, 0.25) is 0 Å². The Kier molecular flexibility index (Phi) is 9.66. The number of alkyl halides is 3. The molecule has 5 rings (SSSR count). The minimum Gasteiger partial charge on any atom is -0.475 e. The molecule has 0 saturated carbocycles. The molecule has 43 heavy (non-hydrogen) atoms. The third-order valence-corrected chi connectivity index (χ3v) is 6.81. The van der Waals surface area contributed by atoms with Crippen molar-refractivity contribution in [3.8, 4) is 0 Å². The zero-order valence-corrected chi connectivity index (χ0v) is 23.4. The molecule has 2 heterocycles. The summed E-state index contributed by atoms with van der Waals surface area (Å²) in [7, 11) is 0. The number of hydrogen-bond acceptors (Lipinski definition) is 6. The van der Waals surface area contributed by atoms with Crippen LogP contribution >= 0.6 is 0 Å². The first-order chi connectivity index (χ1) is 20.4. The van der Waals surface area contributed by atoms with Gasteiger partial charge in [-0.05, 0) is 61.9 Å². The quantitative estimate of drug-likeness (QED) is 0.217. The van der Waals surface area contributed by atoms with Crippen LogP contribution in [0, 0.1) is 0 Å². The molecular weight excluding hydrogens is 565 g/mol. The summed E-state index contributed by atoms with van der Waals surface area (Å²) in [5, 5.41) is 24.3. The highest BCUT2D eigenvalue weighted by atomic mass is 19.4. The Labute approximate surface area is 245 Å². The largest absolute Gasteiger partial charge is 0.490 e. The number of carboxylic acids is 1. The number of carbonyl (C=O) groups excluding carboxylic acids is 2. The van der Waals surface area contributed by atoms with Gasteiger partial charge in [-0.15, -0.1) is 0 Å². The smallest absolute Gasteiger partial charge is 0.475 e. The molecule has 1 aromatic heterocycles. The lowest BCUT2D eigenvalue weighted by Gasteiger charge is -2.33. The topological polar surface area (TPSA) is 139 Å². The Balaban J connectivity index is 0.000000541. The van der Waals surface area contributed by atoms with E-state index >= 15 is 0 Å². The van der Waals surface area contributed by atoms with Gasteiger partial charge in [-0.25, -0.2) is 4.79 Å². The third-order valence-electron chi connectivity index (χ3n) is 6.81. The first-order valence-electron chi connectivity index (χ1n) is 13.5. The number of nitrogens with one attached hydrogen (secondary N) is 4. The van der Waals surface area contributed by atoms with Crippen LogP contribution in [0.15, 0.2) is 72.8 Å². The molecule has 0 bridgehead atoms. The molecule has 0 spiro atoms. The van der Waals surface area contributed by atoms with Gasteiger partial charge in [0.05, 0.1) is 11.6 Å². The number of fused-ring (bicyclic) bond motifs is 1. The van der Waals surface area contributed by atoms with E-state index in [-0.39, 0.29) is 17.9 Å². The molecule has 3 aromatic carbocycles. The molecule has 0 radical (unpaired) electrons. The number of rotatable bonds is 6. The summed E-state index contributed by atoms with van der Waals surface area (Å²) in [6.07, 6.45) is -5.08. The van der Waals surface area contributed by atoms with Crippen LogP contribution in [0.1, 0.15) is 46.2 Å². The van der Waals surface area contributed by atoms with Crippen LogP contribution in [-0.2, 0) is 4.79 Å². The van der Waals surface area contributed by atoms with Crippen molar-refractivity contribution in [2.24, 2.45) is 0 Å². The van der Waals surface area contributed by atoms with Gasteiger partial charge in [0, 0.05) is 47.9 Å². The van der Waals surface area contributed by atoms with E-state index in [9.17, 15) is 22.8 Å². The minimum atomic E-state index is -5.08. The number of hydrogen-bond donors (Lipinski definition) is 5. The monoisotopic (exact) mass is 596 g/mol. The van der Waals surface area contributed by atoms with Crippen molar-refractivity contribution in [3.05, 3.63) is 89.5 Å². The predicted octanol–water partition coefficient (Wildman–Crippen LogP) is 4.74. The van der Waals surface area contributed by atoms with Crippen molar-refractivity contribution >= 4 is 40.2 Å². The number of carboxylic acid groups (broad SMARTS) is 1. The van der Waals surface area contributed by atoms with E-state index in [0.29, 0.717) is 28.4 Å². The molecular formula is C30H31F3N6O4. The SMILES string of the molecule is CC(NC(=O)c1ccc2[nH]nc(NC(=O)c3ccc(N4CCN[C@@H](C)C4)cc3)c2c1)c1ccccc1.O=C(O)C(F)(F)F. The van der Waals surface area contributed by atoms with Crippen LogP contribution in [0.5, 0.6) is 0 Å². The number of anilines is 2. The fourth-order valence-corrected chi connectivity index (χ4v) is 4.53. The normalized spacial score (nSPS) is 15.7. The molecule has 13 heteroatoms. The number of aromatic nitrogens is 2. The van der Waals surface area contributed by atoms with Gasteiger partial charge >= 0.3 is 12.1 Å². The molecule has 5 N–H and O–H groups in total. The molecule has 2 amide bonds. The van der Waals surface area contributed by atoms with Gasteiger partial charge in [-0.2, -0.15) is 18.3 Å². The number of aliphatic carboxylic acids is 1. The number of benzene rings is 3. The molecule has 10 nitrogen and oxygen atoms in total. The highest BCUT2D eigenvalue weighted by molar-refractivity contribution is 6.09. The second kappa shape index (κ2) is 13.4. The van der Waals surface area contributed by atoms with Crippen molar-refractivity contribution in [2.45, 2.75) is 32.1 Å². The van der Waals surface area contributed by atoms with Gasteiger partial charge in [0.2, 0.25) is 0 Å². The average Bonchev–Trinajstić information content (AvgIpc) is 3.39. The Bertz CT molecular complexity index is 1570. The number of amides is 2. The molecule has 1 aliphatic heterocycles. The number of carbonyl (C=O) groups is 3. The summed E-state index contributed by atoms with van der Waals surface area (Å²) >= 11 is 0. The van der Waals surface area contributed by atoms with Gasteiger partial charge in [-0.3, -0.25) is 14.7 Å². The van der Waals surface area contributed by atoms with Crippen LogP contribution in [-0.4, -0.2) is 64.9 Å². The van der Waals surface area contributed by atoms with E-state index < -0.39 is 12.1 Å². The predicted molar refractivity (Wildman–Crippen MR) is 156 cm³/mol. The van der Waals surface area contributed by atoms with Gasteiger partial charge in [-0.1, -0.05) is 30.3 Å². The Hall–Kier alpha value is -4.91. The Morgan fingerprint density at radius 3 is 2.28 bits per heavy atom. The Morgan fingerprint density at radius 1 is 1.00 bits per heavy atom. The zero-order valence-electron chi connectivity index (χ0n) is 23.4. The zero-order chi connectivity index (χ0) is 31.1. The van der Waals surface area contributed by atoms with E-state index in [4.69, 9.17) is 9.90 Å². The maximum atomic E-state index is 12.9. The molecule has 226 valence electrons.